The number of rotatable bonds is 7. The van der Waals surface area contributed by atoms with Gasteiger partial charge in [0.2, 0.25) is 0 Å². The van der Waals surface area contributed by atoms with Crippen LogP contribution in [0.2, 0.25) is 0 Å². The number of nitrogens with two attached hydrogens (primary N) is 4. The lowest BCUT2D eigenvalue weighted by Gasteiger charge is -2.08. The van der Waals surface area contributed by atoms with Crippen LogP contribution >= 0.6 is 77.9 Å². The fourth-order valence-corrected chi connectivity index (χ4v) is 11.1. The fraction of sp³-hybridized carbons (Fsp3) is 0.290. The van der Waals surface area contributed by atoms with Crippen LogP contribution in [-0.2, 0) is 0 Å². The molecule has 16 aromatic rings. The van der Waals surface area contributed by atoms with Gasteiger partial charge in [-0.15, -0.1) is 0 Å². The number of pyridine rings is 6. The van der Waals surface area contributed by atoms with Gasteiger partial charge in [-0.2, -0.15) is 30.6 Å². The van der Waals surface area contributed by atoms with Crippen molar-refractivity contribution in [3.05, 3.63) is 263 Å². The number of hydrogen-bond acceptors (Lipinski definition) is 16. The average molecular weight is 1990 g/mol. The highest BCUT2D eigenvalue weighted by atomic mass is 79.9. The second-order valence-corrected chi connectivity index (χ2v) is 29.9. The molecule has 0 amide bonds. The molecule has 16 rings (SSSR count). The summed E-state index contributed by atoms with van der Waals surface area (Å²) in [7, 11) is 31.9. The van der Waals surface area contributed by atoms with E-state index in [1.165, 1.54) is 5.56 Å². The molecule has 0 aliphatic heterocycles. The first-order valence-corrected chi connectivity index (χ1v) is 49.0. The van der Waals surface area contributed by atoms with Gasteiger partial charge in [-0.3, -0.25) is 0 Å². The third kappa shape index (κ3) is 43.2. The smallest absolute Gasteiger partial charge is 0.567 e. The zero-order chi connectivity index (χ0) is 95.4. The number of halogens is 6. The van der Waals surface area contributed by atoms with Gasteiger partial charge >= 0.3 is 35.5 Å². The normalized spacial score (nSPS) is 8.86. The maximum Gasteiger partial charge on any atom is 0.643 e. The minimum Gasteiger partial charge on any atom is -0.567 e. The maximum atomic E-state index is 9.66. The molecule has 12 heterocycles. The number of aromatic hydroxyl groups is 2. The number of ether oxygens (including phenoxy) is 1. The highest BCUT2D eigenvalue weighted by Gasteiger charge is 2.12. The second-order valence-electron chi connectivity index (χ2n) is 20.9. The van der Waals surface area contributed by atoms with Crippen molar-refractivity contribution >= 4 is 169 Å². The van der Waals surface area contributed by atoms with Crippen molar-refractivity contribution in [2.45, 2.75) is 181 Å². The first kappa shape index (κ1) is 124. The minimum atomic E-state index is -1.72. The third-order valence-corrected chi connectivity index (χ3v) is 16.1. The molecular formula is C93H140AlB3Br3Cl3N16O6. The Balaban J connectivity index is -0.000000178. The summed E-state index contributed by atoms with van der Waals surface area (Å²) in [6, 6.07) is 52.9. The van der Waals surface area contributed by atoms with Crippen LogP contribution in [-0.4, -0.2) is 111 Å². The molecule has 0 aliphatic rings. The Hall–Kier alpha value is -9.94. The van der Waals surface area contributed by atoms with Crippen LogP contribution in [0, 0.1) is 6.92 Å². The van der Waals surface area contributed by atoms with Crippen LogP contribution in [0.4, 0.5) is 22.7 Å². The molecule has 0 aliphatic carbocycles. The van der Waals surface area contributed by atoms with Crippen LogP contribution in [0.15, 0.2) is 258 Å². The Morgan fingerprint density at radius 1 is 0.312 bits per heavy atom. The van der Waals surface area contributed by atoms with E-state index in [-0.39, 0.29) is 24.6 Å². The standard InChI is InChI=1S/2C13H10BN3O.C13H11N3O.C8H7BrN2O.C7H4BBrN2O.C7H5BrN2O.C7H9N.12C2H6.CH4.Al.3ClH.4H2/c2*14-18-11-7-12(9-1-3-10(15)4-2-9)13-5-6-16-17(13)8-11;14-10-3-1-9(2-4-10)12-7-11(17)8-16-13(12)5-6-15-16;1-12-6-4-7(9)8-2-3-10-11(8)5-6;8-12-5-3-6(9)7-1-2-10-11(7)4-5;8-6-3-5(11)4-10-7(6)1-2-9-10;1-6-2-4-7(8)5-3-6;12*1-2;;;;;;;;;/h2*1-8H,15H2;1-8,17H,14H2;2-5H,1H3;1-4H;1-4,11H;2-5H,8H2,1H3;12*1-2H3;1H4;;7*1H/q;;;;;;;;;;;;;;;;;;;;+3;;;;;;;/p-3/i;;;;;;;;;;;;;;;;;;;;;;;;4*1+1. The molecule has 4 aromatic carbocycles. The Kier molecular flexibility index (Phi) is 74.5. The van der Waals surface area contributed by atoms with E-state index in [0.717, 1.165) is 108 Å². The van der Waals surface area contributed by atoms with E-state index in [1.807, 2.05) is 331 Å². The Morgan fingerprint density at radius 2 is 0.512 bits per heavy atom. The molecule has 682 valence electrons. The zero-order valence-electron chi connectivity index (χ0n) is 76.9. The van der Waals surface area contributed by atoms with Gasteiger partial charge in [0.1, 0.15) is 34.5 Å². The molecule has 6 radical (unpaired) electrons. The SMILES string of the molecule is C.CC.CC.CC.CC.CC.CC.CC.CC.CC.CC.CC.CC.COc1cc(Br)c2ccnn2c1.Cc1ccc(N)cc1.Nc1ccc(-c2cc(O)cn3nccc23)cc1.Oc1cc(Br)c2ccnn2c1.[2HH].[2HH].[2HH].[2HH].[B]Oc1cc(-c2ccc(N)cc2)c2ccnn2c1.[B]Oc1cc(-c2ccc(N)cc2)c2ccnn2c1.[B]Oc1cc(Br)c2ccnn2c1.[Cl][Al]([Cl])[Cl]. The highest BCUT2D eigenvalue weighted by molar-refractivity contribution is 9.11. The molecule has 10 N–H and O–H groups in total. The largest absolute Gasteiger partial charge is 0.643 e. The van der Waals surface area contributed by atoms with E-state index in [9.17, 15) is 5.11 Å². The molecule has 0 bridgehead atoms. The molecule has 0 saturated heterocycles. The molecule has 12 aromatic heterocycles. The lowest BCUT2D eigenvalue weighted by atomic mass is 10.0. The predicted molar refractivity (Wildman–Crippen MR) is 563 cm³/mol. The minimum absolute atomic E-state index is 0. The molecular weight excluding hydrogens is 1840 g/mol. The summed E-state index contributed by atoms with van der Waals surface area (Å²) in [5.41, 5.74) is 38.6. The topological polar surface area (TPSA) is 285 Å². The van der Waals surface area contributed by atoms with Gasteiger partial charge in [0.25, 0.3) is 0 Å². The molecule has 125 heavy (non-hydrogen) atoms. The van der Waals surface area contributed by atoms with Crippen LogP contribution in [0.3, 0.4) is 0 Å². The first-order chi connectivity index (χ1) is 60.2. The van der Waals surface area contributed by atoms with Crippen LogP contribution in [0.1, 0.15) is 185 Å². The predicted octanol–water partition coefficient (Wildman–Crippen LogP) is 29.0. The molecule has 0 atom stereocenters. The van der Waals surface area contributed by atoms with Gasteiger partial charge < -0.3 is 51.8 Å². The number of fused-ring (bicyclic) bond motifs is 6. The number of nitrogens with zero attached hydrogens (tertiary/aromatic N) is 12. The number of hydrogen-bond donors (Lipinski definition) is 6. The van der Waals surface area contributed by atoms with E-state index in [1.54, 1.807) is 121 Å². The van der Waals surface area contributed by atoms with Crippen molar-refractivity contribution in [2.24, 2.45) is 0 Å². The third-order valence-electron chi connectivity index (χ3n) is 14.2. The summed E-state index contributed by atoms with van der Waals surface area (Å²) in [4.78, 5) is 0. The molecule has 0 fully saturated rings. The average Bonchev–Trinajstić information content (AvgIpc) is 1.71. The summed E-state index contributed by atoms with van der Waals surface area (Å²) in [5.74, 6) is 2.85. The van der Waals surface area contributed by atoms with Gasteiger partial charge in [0.15, 0.2) is 0 Å². The van der Waals surface area contributed by atoms with Crippen LogP contribution in [0.5, 0.6) is 34.5 Å². The van der Waals surface area contributed by atoms with Gasteiger partial charge in [0.05, 0.1) is 115 Å². The molecule has 0 unspecified atom stereocenters. The van der Waals surface area contributed by atoms with Gasteiger partial charge in [-0.05, 0) is 193 Å². The highest BCUT2D eigenvalue weighted by Crippen LogP contribution is 2.33. The Morgan fingerprint density at radius 3 is 0.776 bits per heavy atom. The number of aryl methyl sites for hydroxylation is 1. The number of aromatic nitrogens is 12. The van der Waals surface area contributed by atoms with E-state index >= 15 is 0 Å². The van der Waals surface area contributed by atoms with E-state index < -0.39 is 11.4 Å². The Labute approximate surface area is 797 Å². The van der Waals surface area contributed by atoms with Gasteiger partial charge in [-0.25, -0.2) is 57.2 Å². The lowest BCUT2D eigenvalue weighted by molar-refractivity contribution is 0.411. The van der Waals surface area contributed by atoms with E-state index in [2.05, 4.69) is 83.0 Å². The summed E-state index contributed by atoms with van der Waals surface area (Å²) in [5, 5.41) is 43.4. The molecule has 0 saturated carbocycles. The van der Waals surface area contributed by atoms with Crippen molar-refractivity contribution < 1.29 is 34.6 Å². The van der Waals surface area contributed by atoms with E-state index in [0.29, 0.717) is 17.2 Å². The molecule has 32 heteroatoms. The van der Waals surface area contributed by atoms with Crippen molar-refractivity contribution in [1.82, 2.24) is 57.7 Å². The van der Waals surface area contributed by atoms with E-state index in [4.69, 9.17) is 96.4 Å². The van der Waals surface area contributed by atoms with Gasteiger partial charge in [-0.1, -0.05) is 228 Å². The summed E-state index contributed by atoms with van der Waals surface area (Å²) in [6.45, 7) is 50.0. The number of nitrogen functional groups attached to an aromatic ring is 4. The van der Waals surface area contributed by atoms with Crippen LogP contribution in [0.25, 0.3) is 66.5 Å². The summed E-state index contributed by atoms with van der Waals surface area (Å²) in [6.07, 6.45) is 20.4. The maximum absolute atomic E-state index is 9.66. The first-order valence-electron chi connectivity index (χ1n) is 41.4. The number of anilines is 4. The number of benzene rings is 4. The van der Waals surface area contributed by atoms with Crippen molar-refractivity contribution in [1.29, 1.82) is 0 Å². The Bertz CT molecular complexity index is 5120. The molecule has 0 spiro atoms. The van der Waals surface area contributed by atoms with Gasteiger partial charge in [0, 0.05) is 58.6 Å². The second kappa shape index (κ2) is 75.4. The van der Waals surface area contributed by atoms with Crippen LogP contribution < -0.4 is 41.6 Å². The lowest BCUT2D eigenvalue weighted by Crippen LogP contribution is -1.94. The summed E-state index contributed by atoms with van der Waals surface area (Å²) < 4.78 is 32.2. The molecule has 22 nitrogen and oxygen atoms in total. The number of methoxy groups -OCH3 is 1. The van der Waals surface area contributed by atoms with Crippen molar-refractivity contribution in [2.75, 3.05) is 30.0 Å². The monoisotopic (exact) mass is 1980 g/mol. The quantitative estimate of drug-likeness (QED) is 0.0639. The fourth-order valence-electron chi connectivity index (χ4n) is 9.47. The summed E-state index contributed by atoms with van der Waals surface area (Å²) >= 11 is 8.38. The van der Waals surface area contributed by atoms with Crippen molar-refractivity contribution in [3.63, 3.8) is 0 Å². The van der Waals surface area contributed by atoms with Crippen molar-refractivity contribution in [3.8, 4) is 67.9 Å². The zero-order valence-corrected chi connectivity index (χ0v) is 85.1.